The quantitative estimate of drug-likeness (QED) is 0.313. The first-order chi connectivity index (χ1) is 14.5. The van der Waals surface area contributed by atoms with Crippen LogP contribution in [-0.2, 0) is 20.5 Å². The zero-order valence-corrected chi connectivity index (χ0v) is 16.8. The lowest BCUT2D eigenvalue weighted by Crippen LogP contribution is -2.11. The molecule has 0 fully saturated rings. The monoisotopic (exact) mass is 453 g/mol. The molecule has 31 heavy (non-hydrogen) atoms. The third-order valence-electron chi connectivity index (χ3n) is 4.10. The maximum Gasteiger partial charge on any atom is 0.416 e. The van der Waals surface area contributed by atoms with Gasteiger partial charge in [-0.25, -0.2) is 0 Å². The van der Waals surface area contributed by atoms with E-state index in [9.17, 15) is 32.8 Å². The molecule has 0 aromatic heterocycles. The van der Waals surface area contributed by atoms with E-state index in [4.69, 9.17) is 16.3 Å². The lowest BCUT2D eigenvalue weighted by atomic mass is 9.99. The van der Waals surface area contributed by atoms with Crippen LogP contribution in [0.25, 0.3) is 0 Å². The summed E-state index contributed by atoms with van der Waals surface area (Å²) >= 11 is 5.86. The van der Waals surface area contributed by atoms with Crippen LogP contribution < -0.4 is 4.74 Å². The Bertz CT molecular complexity index is 1060. The summed E-state index contributed by atoms with van der Waals surface area (Å²) in [6.45, 7) is 0. The van der Waals surface area contributed by atoms with Crippen LogP contribution >= 0.6 is 11.6 Å². The van der Waals surface area contributed by atoms with Gasteiger partial charge in [0, 0.05) is 18.4 Å². The fraction of sp³-hybridized carbons (Fsp3) is 0.238. The van der Waals surface area contributed by atoms with E-state index < -0.39 is 35.7 Å². The predicted octanol–water partition coefficient (Wildman–Crippen LogP) is 5.12. The van der Waals surface area contributed by atoms with Crippen LogP contribution in [0.1, 0.15) is 40.7 Å². The Morgan fingerprint density at radius 3 is 2.39 bits per heavy atom. The molecule has 0 atom stereocenters. The third kappa shape index (κ3) is 6.55. The van der Waals surface area contributed by atoms with Gasteiger partial charge in [0.2, 0.25) is 0 Å². The Hall–Kier alpha value is -3.38. The summed E-state index contributed by atoms with van der Waals surface area (Å²) in [5, 5.41) is 8.94. The number of nitrogens with zero attached hydrogens (tertiary/aromatic N) is 1. The molecule has 0 N–H and O–H groups in total. The second-order valence-corrected chi connectivity index (χ2v) is 6.69. The molecule has 0 saturated heterocycles. The van der Waals surface area contributed by atoms with Crippen LogP contribution in [0, 0.1) is 11.3 Å². The van der Waals surface area contributed by atoms with Gasteiger partial charge < -0.3 is 9.47 Å². The highest BCUT2D eigenvalue weighted by Crippen LogP contribution is 2.36. The minimum absolute atomic E-state index is 0.0243. The lowest BCUT2D eigenvalue weighted by molar-refractivity contribution is -0.143. The first kappa shape index (κ1) is 23.9. The van der Waals surface area contributed by atoms with Gasteiger partial charge in [-0.2, -0.15) is 18.4 Å². The number of halogens is 4. The van der Waals surface area contributed by atoms with Crippen molar-refractivity contribution in [1.29, 1.82) is 5.26 Å². The molecular formula is C21H15ClF3NO5. The van der Waals surface area contributed by atoms with Crippen molar-refractivity contribution in [3.05, 3.63) is 58.1 Å². The van der Waals surface area contributed by atoms with E-state index in [1.54, 1.807) is 0 Å². The number of esters is 1. The maximum absolute atomic E-state index is 12.8. The second kappa shape index (κ2) is 10.1. The van der Waals surface area contributed by atoms with E-state index >= 15 is 0 Å². The molecule has 0 heterocycles. The number of ether oxygens (including phenoxy) is 2. The number of methoxy groups -OCH3 is 1. The molecule has 10 heteroatoms. The maximum atomic E-state index is 12.8. The van der Waals surface area contributed by atoms with E-state index in [-0.39, 0.29) is 40.5 Å². The molecule has 0 aliphatic carbocycles. The number of Topliss-reactive ketones (excluding diaryl/α,β-unsaturated/α-hetero) is 2. The summed E-state index contributed by atoms with van der Waals surface area (Å²) in [5.74, 6) is -1.78. The van der Waals surface area contributed by atoms with E-state index in [1.807, 2.05) is 6.07 Å². The summed E-state index contributed by atoms with van der Waals surface area (Å²) in [7, 11) is 1.13. The Morgan fingerprint density at radius 2 is 1.81 bits per heavy atom. The van der Waals surface area contributed by atoms with E-state index in [0.29, 0.717) is 6.07 Å². The number of hydrogen-bond donors (Lipinski definition) is 0. The number of nitriles is 1. The minimum Gasteiger partial charge on any atom is -0.469 e. The Balaban J connectivity index is 2.19. The highest BCUT2D eigenvalue weighted by molar-refractivity contribution is 6.32. The highest BCUT2D eigenvalue weighted by Gasteiger charge is 2.31. The van der Waals surface area contributed by atoms with Crippen LogP contribution in [0.3, 0.4) is 0 Å². The van der Waals surface area contributed by atoms with E-state index in [1.165, 1.54) is 18.2 Å². The first-order valence-corrected chi connectivity index (χ1v) is 9.13. The fourth-order valence-electron chi connectivity index (χ4n) is 2.51. The van der Waals surface area contributed by atoms with Gasteiger partial charge in [-0.05, 0) is 36.4 Å². The molecule has 0 spiro atoms. The summed E-state index contributed by atoms with van der Waals surface area (Å²) in [6, 6.07) is 8.28. The van der Waals surface area contributed by atoms with Crippen molar-refractivity contribution in [1.82, 2.24) is 0 Å². The SMILES string of the molecule is COC(=O)CC(=O)CCC(=O)c1cc(Oc2ccc(C(F)(F)F)cc2Cl)ccc1C#N. The molecule has 6 nitrogen and oxygen atoms in total. The molecule has 0 saturated carbocycles. The summed E-state index contributed by atoms with van der Waals surface area (Å²) in [5.41, 5.74) is -0.956. The fourth-order valence-corrected chi connectivity index (χ4v) is 2.73. The minimum atomic E-state index is -4.57. The van der Waals surface area contributed by atoms with Crippen LogP contribution in [0.15, 0.2) is 36.4 Å². The van der Waals surface area contributed by atoms with E-state index in [0.717, 1.165) is 19.2 Å². The molecule has 2 aromatic carbocycles. The number of alkyl halides is 3. The van der Waals surface area contributed by atoms with Gasteiger partial charge >= 0.3 is 12.1 Å². The van der Waals surface area contributed by atoms with Crippen molar-refractivity contribution in [2.24, 2.45) is 0 Å². The topological polar surface area (TPSA) is 93.5 Å². The molecule has 0 amide bonds. The molecule has 0 radical (unpaired) electrons. The van der Waals surface area contributed by atoms with Gasteiger partial charge in [0.1, 0.15) is 23.7 Å². The number of rotatable bonds is 8. The van der Waals surface area contributed by atoms with Crippen molar-refractivity contribution in [2.75, 3.05) is 7.11 Å². The van der Waals surface area contributed by atoms with Crippen LogP contribution in [0.5, 0.6) is 11.5 Å². The third-order valence-corrected chi connectivity index (χ3v) is 4.39. The van der Waals surface area contributed by atoms with Crippen molar-refractivity contribution in [2.45, 2.75) is 25.4 Å². The first-order valence-electron chi connectivity index (χ1n) is 8.75. The molecular weight excluding hydrogens is 439 g/mol. The van der Waals surface area contributed by atoms with Gasteiger partial charge in [-0.1, -0.05) is 11.6 Å². The van der Waals surface area contributed by atoms with Crippen LogP contribution in [0.2, 0.25) is 5.02 Å². The largest absolute Gasteiger partial charge is 0.469 e. The second-order valence-electron chi connectivity index (χ2n) is 6.28. The molecule has 0 aliphatic rings. The number of hydrogen-bond acceptors (Lipinski definition) is 6. The van der Waals surface area contributed by atoms with Gasteiger partial charge in [0.25, 0.3) is 0 Å². The molecule has 0 bridgehead atoms. The standard InChI is InChI=1S/C21H15ClF3NO5/c1-30-20(29)9-14(27)4-6-18(28)16-10-15(5-2-12(16)11-26)31-19-7-3-13(8-17(19)22)21(23,24)25/h2-3,5,7-8,10H,4,6,9H2,1H3. The van der Waals surface area contributed by atoms with Gasteiger partial charge in [0.15, 0.2) is 5.78 Å². The van der Waals surface area contributed by atoms with Gasteiger partial charge in [0.05, 0.1) is 29.3 Å². The zero-order chi connectivity index (χ0) is 23.2. The smallest absolute Gasteiger partial charge is 0.416 e. The molecule has 2 aromatic rings. The molecule has 0 unspecified atom stereocenters. The summed E-state index contributed by atoms with van der Waals surface area (Å²) < 4.78 is 48.1. The summed E-state index contributed by atoms with van der Waals surface area (Å²) in [6.07, 6.45) is -5.52. The van der Waals surface area contributed by atoms with Crippen LogP contribution in [0.4, 0.5) is 13.2 Å². The van der Waals surface area contributed by atoms with Crippen LogP contribution in [-0.4, -0.2) is 24.6 Å². The number of benzene rings is 2. The van der Waals surface area contributed by atoms with Gasteiger partial charge in [-0.15, -0.1) is 0 Å². The number of carbonyl (C=O) groups is 3. The number of ketones is 2. The van der Waals surface area contributed by atoms with E-state index in [2.05, 4.69) is 4.74 Å². The van der Waals surface area contributed by atoms with Gasteiger partial charge in [-0.3, -0.25) is 14.4 Å². The number of carbonyl (C=O) groups excluding carboxylic acids is 3. The molecule has 0 aliphatic heterocycles. The van der Waals surface area contributed by atoms with Crippen molar-refractivity contribution in [3.63, 3.8) is 0 Å². The Labute approximate surface area is 180 Å². The van der Waals surface area contributed by atoms with Crippen molar-refractivity contribution >= 4 is 29.1 Å². The van der Waals surface area contributed by atoms with Crippen molar-refractivity contribution < 1.29 is 37.0 Å². The average Bonchev–Trinajstić information content (AvgIpc) is 2.72. The lowest BCUT2D eigenvalue weighted by Gasteiger charge is -2.12. The zero-order valence-electron chi connectivity index (χ0n) is 16.1. The predicted molar refractivity (Wildman–Crippen MR) is 103 cm³/mol. The molecule has 162 valence electrons. The average molecular weight is 454 g/mol. The highest BCUT2D eigenvalue weighted by atomic mass is 35.5. The Morgan fingerprint density at radius 1 is 1.10 bits per heavy atom. The Kier molecular flexibility index (Phi) is 7.78. The summed E-state index contributed by atoms with van der Waals surface area (Å²) in [4.78, 5) is 35.3. The van der Waals surface area contributed by atoms with Crippen molar-refractivity contribution in [3.8, 4) is 17.6 Å². The normalized spacial score (nSPS) is 10.8. The molecule has 2 rings (SSSR count).